The maximum atomic E-state index is 10.5. The minimum atomic E-state index is -2.01. The van der Waals surface area contributed by atoms with Crippen LogP contribution in [-0.2, 0) is 11.3 Å². The summed E-state index contributed by atoms with van der Waals surface area (Å²) in [6.45, 7) is 0.802. The largest absolute Gasteiger partial charge is 0.493 e. The molecule has 3 N–H and O–H groups in total. The Morgan fingerprint density at radius 1 is 1.07 bits per heavy atom. The van der Waals surface area contributed by atoms with Crippen LogP contribution in [0.25, 0.3) is 22.2 Å². The molecule has 3 rings (SSSR count). The van der Waals surface area contributed by atoms with Crippen molar-refractivity contribution in [2.45, 2.75) is 0 Å². The molecule has 1 aromatic carbocycles. The van der Waals surface area contributed by atoms with Gasteiger partial charge in [0.15, 0.2) is 11.5 Å². The summed E-state index contributed by atoms with van der Waals surface area (Å²) in [6.07, 6.45) is 3.20. The molecular weight excluding hydrogens is 370 g/mol. The molecule has 0 aliphatic rings. The lowest BCUT2D eigenvalue weighted by Gasteiger charge is -2.11. The fraction of sp³-hybridized carbons (Fsp3) is 0.235. The van der Waals surface area contributed by atoms with Crippen LogP contribution >= 0.6 is 0 Å². The molecule has 1 unspecified atom stereocenters. The highest BCUT2D eigenvalue weighted by molar-refractivity contribution is 7.77. The van der Waals surface area contributed by atoms with Crippen LogP contribution in [0.5, 0.6) is 11.5 Å². The predicted molar refractivity (Wildman–Crippen MR) is 103 cm³/mol. The highest BCUT2D eigenvalue weighted by Crippen LogP contribution is 2.35. The first-order chi connectivity index (χ1) is 13.1. The molecule has 142 valence electrons. The van der Waals surface area contributed by atoms with E-state index in [0.29, 0.717) is 30.4 Å². The van der Waals surface area contributed by atoms with E-state index in [1.807, 2.05) is 18.2 Å². The minimum Gasteiger partial charge on any atom is -0.493 e. The maximum absolute atomic E-state index is 10.5. The van der Waals surface area contributed by atoms with Gasteiger partial charge < -0.3 is 14.8 Å². The van der Waals surface area contributed by atoms with Crippen LogP contribution in [0.2, 0.25) is 0 Å². The molecule has 0 bridgehead atoms. The van der Waals surface area contributed by atoms with Crippen molar-refractivity contribution in [2.24, 2.45) is 0 Å². The van der Waals surface area contributed by atoms with E-state index in [1.165, 1.54) is 6.33 Å². The predicted octanol–water partition coefficient (Wildman–Crippen LogP) is 1.85. The van der Waals surface area contributed by atoms with E-state index >= 15 is 0 Å². The number of methoxy groups -OCH3 is 2. The fourth-order valence-corrected chi connectivity index (χ4v) is 2.86. The van der Waals surface area contributed by atoms with Crippen LogP contribution in [0.15, 0.2) is 36.8 Å². The van der Waals surface area contributed by atoms with Gasteiger partial charge in [0, 0.05) is 36.3 Å². The summed E-state index contributed by atoms with van der Waals surface area (Å²) in [6, 6.07) is 7.36. The van der Waals surface area contributed by atoms with Crippen molar-refractivity contribution in [2.75, 3.05) is 32.6 Å². The molecule has 1 atom stereocenters. The Hall–Kier alpha value is -2.82. The van der Waals surface area contributed by atoms with Crippen LogP contribution in [0.3, 0.4) is 0 Å². The second kappa shape index (κ2) is 8.71. The molecular formula is C17H19N5O4S. The number of aromatic nitrogens is 3. The smallest absolute Gasteiger partial charge is 0.231 e. The molecule has 27 heavy (non-hydrogen) atoms. The molecule has 0 aliphatic heterocycles. The van der Waals surface area contributed by atoms with Crippen LogP contribution < -0.4 is 19.5 Å². The highest BCUT2D eigenvalue weighted by atomic mass is 32.2. The molecule has 9 nitrogen and oxygen atoms in total. The molecule has 3 aromatic rings. The lowest BCUT2D eigenvalue weighted by Crippen LogP contribution is -2.23. The number of rotatable bonds is 8. The zero-order valence-electron chi connectivity index (χ0n) is 14.8. The lowest BCUT2D eigenvalue weighted by molar-refractivity contribution is 0.356. The van der Waals surface area contributed by atoms with Gasteiger partial charge in [-0.2, -0.15) is 0 Å². The molecule has 0 saturated heterocycles. The van der Waals surface area contributed by atoms with Crippen LogP contribution in [0, 0.1) is 0 Å². The Bertz CT molecular complexity index is 952. The quantitative estimate of drug-likeness (QED) is 0.395. The van der Waals surface area contributed by atoms with Gasteiger partial charge in [-0.05, 0) is 18.2 Å². The summed E-state index contributed by atoms with van der Waals surface area (Å²) in [5.41, 5.74) is 2.30. The molecule has 0 spiro atoms. The second-order valence-corrected chi connectivity index (χ2v) is 6.24. The summed E-state index contributed by atoms with van der Waals surface area (Å²) in [5.74, 6) is 1.85. The number of anilines is 1. The maximum Gasteiger partial charge on any atom is 0.231 e. The zero-order chi connectivity index (χ0) is 19.2. The number of pyridine rings is 1. The Morgan fingerprint density at radius 3 is 2.52 bits per heavy atom. The molecule has 0 saturated carbocycles. The van der Waals surface area contributed by atoms with Gasteiger partial charge in [0.2, 0.25) is 11.3 Å². The van der Waals surface area contributed by atoms with Crippen LogP contribution in [0.1, 0.15) is 0 Å². The van der Waals surface area contributed by atoms with Gasteiger partial charge in [0.05, 0.1) is 25.4 Å². The summed E-state index contributed by atoms with van der Waals surface area (Å²) in [7, 11) is 3.16. The van der Waals surface area contributed by atoms with E-state index in [4.69, 9.17) is 14.0 Å². The Balaban J connectivity index is 1.85. The number of nitrogens with zero attached hydrogens (tertiary/aromatic N) is 3. The van der Waals surface area contributed by atoms with Crippen LogP contribution in [-0.4, -0.2) is 51.0 Å². The zero-order valence-corrected chi connectivity index (χ0v) is 15.6. The Labute approximate surface area is 158 Å². The van der Waals surface area contributed by atoms with Crippen LogP contribution in [0.4, 0.5) is 5.82 Å². The van der Waals surface area contributed by atoms with Crippen molar-refractivity contribution in [3.8, 4) is 22.8 Å². The Morgan fingerprint density at radius 2 is 1.85 bits per heavy atom. The lowest BCUT2D eigenvalue weighted by atomic mass is 10.1. The molecule has 0 fully saturated rings. The van der Waals surface area contributed by atoms with Crippen molar-refractivity contribution in [1.82, 2.24) is 19.7 Å². The fourth-order valence-electron chi connectivity index (χ4n) is 2.58. The van der Waals surface area contributed by atoms with Crippen molar-refractivity contribution in [1.29, 1.82) is 0 Å². The molecule has 0 amide bonds. The molecule has 2 aromatic heterocycles. The van der Waals surface area contributed by atoms with Crippen molar-refractivity contribution in [3.63, 3.8) is 0 Å². The number of benzene rings is 1. The highest BCUT2D eigenvalue weighted by Gasteiger charge is 2.12. The third-order valence-corrected chi connectivity index (χ3v) is 4.29. The first-order valence-corrected chi connectivity index (χ1v) is 9.14. The second-order valence-electron chi connectivity index (χ2n) is 5.45. The van der Waals surface area contributed by atoms with Gasteiger partial charge >= 0.3 is 0 Å². The summed E-state index contributed by atoms with van der Waals surface area (Å²) >= 11 is -2.01. The number of hydrogen-bond acceptors (Lipinski definition) is 7. The van der Waals surface area contributed by atoms with Crippen molar-refractivity contribution >= 4 is 28.0 Å². The van der Waals surface area contributed by atoms with Gasteiger partial charge in [-0.3, -0.25) is 4.55 Å². The van der Waals surface area contributed by atoms with Gasteiger partial charge in [0.1, 0.15) is 12.1 Å². The van der Waals surface area contributed by atoms with Gasteiger partial charge in [-0.1, -0.05) is 0 Å². The number of ether oxygens (including phenoxy) is 2. The van der Waals surface area contributed by atoms with E-state index in [2.05, 4.69) is 25.0 Å². The van der Waals surface area contributed by atoms with E-state index in [1.54, 1.807) is 26.5 Å². The molecule has 2 heterocycles. The van der Waals surface area contributed by atoms with Gasteiger partial charge in [-0.15, -0.1) is 0 Å². The van der Waals surface area contributed by atoms with E-state index in [9.17, 15) is 4.21 Å². The average Bonchev–Trinajstić information content (AvgIpc) is 2.70. The molecule has 0 aliphatic carbocycles. The van der Waals surface area contributed by atoms with E-state index < -0.39 is 11.3 Å². The average molecular weight is 389 g/mol. The number of hydrogen-bond donors (Lipinski definition) is 3. The number of fused-ring (bicyclic) bond motifs is 1. The first kappa shape index (κ1) is 19.0. The minimum absolute atomic E-state index is 0.338. The normalized spacial score (nSPS) is 12.0. The van der Waals surface area contributed by atoms with Gasteiger partial charge in [-0.25, -0.2) is 23.9 Å². The summed E-state index contributed by atoms with van der Waals surface area (Å²) in [4.78, 5) is 13.1. The first-order valence-electron chi connectivity index (χ1n) is 8.03. The monoisotopic (exact) mass is 389 g/mol. The topological polar surface area (TPSA) is 118 Å². The third kappa shape index (κ3) is 4.48. The Kier molecular flexibility index (Phi) is 6.12. The van der Waals surface area contributed by atoms with Crippen molar-refractivity contribution in [3.05, 3.63) is 36.8 Å². The summed E-state index contributed by atoms with van der Waals surface area (Å²) < 4.78 is 32.3. The molecule has 10 heteroatoms. The van der Waals surface area contributed by atoms with Gasteiger partial charge in [0.25, 0.3) is 0 Å². The van der Waals surface area contributed by atoms with E-state index in [-0.39, 0.29) is 0 Å². The SMILES string of the molecule is COc1cc2ncnc(-c3ccc(NCCNS(=O)O)nc3)c2cc1OC. The standard InChI is InChI=1S/C17H19N5O4S/c1-25-14-7-12-13(8-15(14)26-2)20-10-21-17(12)11-3-4-16(19-9-11)18-5-6-22-27(23)24/h3-4,7-10,22H,5-6H2,1-2H3,(H,18,19)(H,23,24). The number of nitrogens with one attached hydrogen (secondary N) is 2. The third-order valence-electron chi connectivity index (χ3n) is 3.83. The van der Waals surface area contributed by atoms with E-state index in [0.717, 1.165) is 22.2 Å². The van der Waals surface area contributed by atoms with Crippen molar-refractivity contribution < 1.29 is 18.2 Å². The molecule has 0 radical (unpaired) electrons. The summed E-state index contributed by atoms with van der Waals surface area (Å²) in [5, 5.41) is 3.89.